The van der Waals surface area contributed by atoms with Crippen molar-refractivity contribution in [2.45, 2.75) is 39.0 Å². The van der Waals surface area contributed by atoms with E-state index < -0.39 is 0 Å². The van der Waals surface area contributed by atoms with Crippen molar-refractivity contribution >= 4 is 5.82 Å². The van der Waals surface area contributed by atoms with Gasteiger partial charge in [0.15, 0.2) is 0 Å². The minimum absolute atomic E-state index is 0.444. The van der Waals surface area contributed by atoms with Crippen molar-refractivity contribution in [2.75, 3.05) is 19.0 Å². The van der Waals surface area contributed by atoms with E-state index in [9.17, 15) is 0 Å². The third-order valence-electron chi connectivity index (χ3n) is 3.73. The minimum atomic E-state index is 0.444. The fourth-order valence-electron chi connectivity index (χ4n) is 2.49. The fourth-order valence-corrected chi connectivity index (χ4v) is 2.49. The van der Waals surface area contributed by atoms with Crippen LogP contribution in [0.15, 0.2) is 18.3 Å². The molecule has 0 radical (unpaired) electrons. The van der Waals surface area contributed by atoms with Crippen LogP contribution in [-0.2, 0) is 0 Å². The Morgan fingerprint density at radius 3 is 2.65 bits per heavy atom. The van der Waals surface area contributed by atoms with Crippen molar-refractivity contribution in [1.29, 1.82) is 0 Å². The lowest BCUT2D eigenvalue weighted by molar-refractivity contribution is 0.233. The molecule has 3 nitrogen and oxygen atoms in total. The average Bonchev–Trinajstić information content (AvgIpc) is 2.38. The molecule has 0 unspecified atom stereocenters. The molecule has 94 valence electrons. The van der Waals surface area contributed by atoms with Crippen LogP contribution in [0.4, 0.5) is 5.82 Å². The van der Waals surface area contributed by atoms with Gasteiger partial charge in [0.25, 0.3) is 0 Å². The van der Waals surface area contributed by atoms with Crippen LogP contribution >= 0.6 is 0 Å². The summed E-state index contributed by atoms with van der Waals surface area (Å²) in [6, 6.07) is 3.92. The molecule has 17 heavy (non-hydrogen) atoms. The predicted octanol–water partition coefficient (Wildman–Crippen LogP) is 3.47. The lowest BCUT2D eigenvalue weighted by atomic mass is 9.76. The summed E-state index contributed by atoms with van der Waals surface area (Å²) in [6.07, 6.45) is 8.55. The molecule has 1 saturated carbocycles. The maximum absolute atomic E-state index is 5.09. The number of anilines is 1. The standard InChI is InChI=1S/C14H22N2O/c1-14(8-4-3-5-9-14)11-16-13-7-6-12(17-2)10-15-13/h6-7,10H,3-5,8-9,11H2,1-2H3,(H,15,16). The molecule has 1 N–H and O–H groups in total. The molecule has 1 aromatic heterocycles. The third-order valence-corrected chi connectivity index (χ3v) is 3.73. The summed E-state index contributed by atoms with van der Waals surface area (Å²) in [7, 11) is 1.66. The van der Waals surface area contributed by atoms with Crippen LogP contribution in [0.3, 0.4) is 0 Å². The van der Waals surface area contributed by atoms with Crippen LogP contribution in [0, 0.1) is 5.41 Å². The van der Waals surface area contributed by atoms with Crippen molar-refractivity contribution in [3.8, 4) is 5.75 Å². The highest BCUT2D eigenvalue weighted by molar-refractivity contribution is 5.37. The number of aromatic nitrogens is 1. The quantitative estimate of drug-likeness (QED) is 0.866. The summed E-state index contributed by atoms with van der Waals surface area (Å²) in [5.41, 5.74) is 0.444. The number of methoxy groups -OCH3 is 1. The van der Waals surface area contributed by atoms with Gasteiger partial charge in [-0.3, -0.25) is 0 Å². The van der Waals surface area contributed by atoms with E-state index >= 15 is 0 Å². The smallest absolute Gasteiger partial charge is 0.137 e. The Hall–Kier alpha value is -1.25. The number of pyridine rings is 1. The lowest BCUT2D eigenvalue weighted by Gasteiger charge is -2.33. The van der Waals surface area contributed by atoms with Gasteiger partial charge in [0.1, 0.15) is 11.6 Å². The Balaban J connectivity index is 1.87. The topological polar surface area (TPSA) is 34.1 Å². The molecule has 0 saturated heterocycles. The normalized spacial score (nSPS) is 18.7. The van der Waals surface area contributed by atoms with E-state index in [-0.39, 0.29) is 0 Å². The molecule has 1 aliphatic carbocycles. The van der Waals surface area contributed by atoms with Crippen molar-refractivity contribution in [1.82, 2.24) is 4.98 Å². The van der Waals surface area contributed by atoms with Gasteiger partial charge >= 0.3 is 0 Å². The van der Waals surface area contributed by atoms with Crippen LogP contribution in [0.2, 0.25) is 0 Å². The molecule has 0 aliphatic heterocycles. The zero-order valence-corrected chi connectivity index (χ0v) is 10.8. The summed E-state index contributed by atoms with van der Waals surface area (Å²) in [5.74, 6) is 1.75. The lowest BCUT2D eigenvalue weighted by Crippen LogP contribution is -2.29. The highest BCUT2D eigenvalue weighted by Crippen LogP contribution is 2.35. The van der Waals surface area contributed by atoms with Crippen LogP contribution < -0.4 is 10.1 Å². The van der Waals surface area contributed by atoms with Crippen LogP contribution in [0.5, 0.6) is 5.75 Å². The second kappa shape index (κ2) is 5.39. The first-order valence-corrected chi connectivity index (χ1v) is 6.46. The van der Waals surface area contributed by atoms with Crippen molar-refractivity contribution in [3.05, 3.63) is 18.3 Å². The number of hydrogen-bond donors (Lipinski definition) is 1. The Labute approximate surface area is 104 Å². The Morgan fingerprint density at radius 1 is 1.29 bits per heavy atom. The van der Waals surface area contributed by atoms with Gasteiger partial charge in [-0.1, -0.05) is 26.2 Å². The molecular weight excluding hydrogens is 212 g/mol. The molecule has 0 spiro atoms. The number of ether oxygens (including phenoxy) is 1. The van der Waals surface area contributed by atoms with Gasteiger partial charge in [-0.2, -0.15) is 0 Å². The fraction of sp³-hybridized carbons (Fsp3) is 0.643. The van der Waals surface area contributed by atoms with E-state index in [1.165, 1.54) is 32.1 Å². The Kier molecular flexibility index (Phi) is 3.87. The molecule has 3 heteroatoms. The Morgan fingerprint density at radius 2 is 2.06 bits per heavy atom. The second-order valence-corrected chi connectivity index (χ2v) is 5.31. The molecule has 1 fully saturated rings. The molecule has 0 amide bonds. The van der Waals surface area contributed by atoms with E-state index in [2.05, 4.69) is 17.2 Å². The van der Waals surface area contributed by atoms with Crippen LogP contribution in [0.1, 0.15) is 39.0 Å². The monoisotopic (exact) mass is 234 g/mol. The second-order valence-electron chi connectivity index (χ2n) is 5.31. The first-order chi connectivity index (χ1) is 8.22. The van der Waals surface area contributed by atoms with Gasteiger partial charge in [-0.05, 0) is 30.4 Å². The highest BCUT2D eigenvalue weighted by Gasteiger charge is 2.26. The number of hydrogen-bond acceptors (Lipinski definition) is 3. The van der Waals surface area contributed by atoms with Crippen LogP contribution in [0.25, 0.3) is 0 Å². The molecule has 0 atom stereocenters. The molecule has 1 heterocycles. The zero-order chi connectivity index (χ0) is 12.1. The van der Waals surface area contributed by atoms with Crippen LogP contribution in [-0.4, -0.2) is 18.6 Å². The van der Waals surface area contributed by atoms with Crippen molar-refractivity contribution in [3.63, 3.8) is 0 Å². The predicted molar refractivity (Wildman–Crippen MR) is 70.5 cm³/mol. The van der Waals surface area contributed by atoms with E-state index in [0.717, 1.165) is 18.1 Å². The SMILES string of the molecule is COc1ccc(NCC2(C)CCCCC2)nc1. The Bertz CT molecular complexity index is 342. The largest absolute Gasteiger partial charge is 0.495 e. The molecule has 0 bridgehead atoms. The number of nitrogens with one attached hydrogen (secondary N) is 1. The summed E-state index contributed by atoms with van der Waals surface area (Å²) >= 11 is 0. The number of rotatable bonds is 4. The molecule has 2 rings (SSSR count). The van der Waals surface area contributed by atoms with Gasteiger partial charge in [0.2, 0.25) is 0 Å². The average molecular weight is 234 g/mol. The van der Waals surface area contributed by atoms with Gasteiger partial charge in [0, 0.05) is 6.54 Å². The molecule has 1 aromatic rings. The minimum Gasteiger partial charge on any atom is -0.495 e. The first kappa shape index (κ1) is 12.2. The number of nitrogens with zero attached hydrogens (tertiary/aromatic N) is 1. The third kappa shape index (κ3) is 3.35. The summed E-state index contributed by atoms with van der Waals surface area (Å²) < 4.78 is 5.09. The molecule has 1 aliphatic rings. The van der Waals surface area contributed by atoms with Crippen molar-refractivity contribution in [2.24, 2.45) is 5.41 Å². The van der Waals surface area contributed by atoms with E-state index in [0.29, 0.717) is 5.41 Å². The van der Waals surface area contributed by atoms with Gasteiger partial charge < -0.3 is 10.1 Å². The zero-order valence-electron chi connectivity index (χ0n) is 10.8. The van der Waals surface area contributed by atoms with E-state index in [1.807, 2.05) is 12.1 Å². The van der Waals surface area contributed by atoms with E-state index in [4.69, 9.17) is 4.74 Å². The highest BCUT2D eigenvalue weighted by atomic mass is 16.5. The van der Waals surface area contributed by atoms with Crippen molar-refractivity contribution < 1.29 is 4.74 Å². The van der Waals surface area contributed by atoms with Gasteiger partial charge in [0.05, 0.1) is 13.3 Å². The maximum Gasteiger partial charge on any atom is 0.137 e. The van der Waals surface area contributed by atoms with Gasteiger partial charge in [-0.25, -0.2) is 4.98 Å². The summed E-state index contributed by atoms with van der Waals surface area (Å²) in [6.45, 7) is 3.40. The summed E-state index contributed by atoms with van der Waals surface area (Å²) in [4.78, 5) is 4.33. The first-order valence-electron chi connectivity index (χ1n) is 6.46. The summed E-state index contributed by atoms with van der Waals surface area (Å²) in [5, 5.41) is 3.44. The molecule has 0 aromatic carbocycles. The van der Waals surface area contributed by atoms with Gasteiger partial charge in [-0.15, -0.1) is 0 Å². The van der Waals surface area contributed by atoms with E-state index in [1.54, 1.807) is 13.3 Å². The molecular formula is C14H22N2O. The maximum atomic E-state index is 5.09.